The fraction of sp³-hybridized carbons (Fsp3) is 0.200. The summed E-state index contributed by atoms with van der Waals surface area (Å²) in [7, 11) is 0. The smallest absolute Gasteiger partial charge is 0.269 e. The maximum absolute atomic E-state index is 10.5. The molecule has 0 unspecified atom stereocenters. The molecule has 0 aliphatic carbocycles. The van der Waals surface area contributed by atoms with E-state index in [2.05, 4.69) is 0 Å². The topological polar surface area (TPSA) is 52.4 Å². The highest BCUT2D eigenvalue weighted by molar-refractivity contribution is 5.32. The number of nitro groups is 1. The molecular weight excluding hydrogens is 242 g/mol. The van der Waals surface area contributed by atoms with E-state index in [9.17, 15) is 10.1 Å². The summed E-state index contributed by atoms with van der Waals surface area (Å²) in [4.78, 5) is 10.1. The van der Waals surface area contributed by atoms with Crippen LogP contribution in [0.2, 0.25) is 0 Å². The minimum Gasteiger partial charge on any atom is -0.376 e. The molecule has 2 aromatic carbocycles. The third-order valence-electron chi connectivity index (χ3n) is 2.79. The molecule has 0 saturated carbocycles. The molecule has 0 aromatic heterocycles. The molecule has 0 atom stereocenters. The van der Waals surface area contributed by atoms with E-state index in [0.29, 0.717) is 13.2 Å². The van der Waals surface area contributed by atoms with Crippen LogP contribution >= 0.6 is 0 Å². The zero-order valence-electron chi connectivity index (χ0n) is 10.5. The van der Waals surface area contributed by atoms with Crippen molar-refractivity contribution >= 4 is 5.69 Å². The number of nitrogens with zero attached hydrogens (tertiary/aromatic N) is 1. The first kappa shape index (κ1) is 13.2. The van der Waals surface area contributed by atoms with Crippen LogP contribution in [0, 0.1) is 10.1 Å². The first-order chi connectivity index (χ1) is 9.25. The zero-order chi connectivity index (χ0) is 13.5. The van der Waals surface area contributed by atoms with Gasteiger partial charge in [0.15, 0.2) is 0 Å². The lowest BCUT2D eigenvalue weighted by Gasteiger charge is -2.04. The van der Waals surface area contributed by atoms with Gasteiger partial charge in [-0.05, 0) is 17.5 Å². The molecule has 4 nitrogen and oxygen atoms in total. The Bertz CT molecular complexity index is 523. The molecule has 0 aliphatic heterocycles. The molecule has 0 spiro atoms. The molecule has 19 heavy (non-hydrogen) atoms. The summed E-state index contributed by atoms with van der Waals surface area (Å²) in [6.07, 6.45) is 0.755. The molecule has 0 N–H and O–H groups in total. The van der Waals surface area contributed by atoms with Gasteiger partial charge in [-0.3, -0.25) is 10.1 Å². The van der Waals surface area contributed by atoms with E-state index in [1.165, 1.54) is 12.1 Å². The van der Waals surface area contributed by atoms with Gasteiger partial charge < -0.3 is 4.74 Å². The van der Waals surface area contributed by atoms with E-state index < -0.39 is 4.92 Å². The van der Waals surface area contributed by atoms with Crippen LogP contribution in [-0.4, -0.2) is 11.5 Å². The van der Waals surface area contributed by atoms with Crippen molar-refractivity contribution in [2.24, 2.45) is 0 Å². The van der Waals surface area contributed by atoms with Crippen LogP contribution in [0.15, 0.2) is 54.6 Å². The minimum atomic E-state index is -0.393. The van der Waals surface area contributed by atoms with Crippen molar-refractivity contribution in [3.05, 3.63) is 75.8 Å². The Labute approximate surface area is 111 Å². The van der Waals surface area contributed by atoms with Crippen molar-refractivity contribution in [1.82, 2.24) is 0 Å². The zero-order valence-corrected chi connectivity index (χ0v) is 10.5. The maximum Gasteiger partial charge on any atom is 0.269 e. The largest absolute Gasteiger partial charge is 0.376 e. The quantitative estimate of drug-likeness (QED) is 0.453. The SMILES string of the molecule is O=[N+]([O-])c1ccc(CCOCc2ccccc2)cc1. The average molecular weight is 257 g/mol. The first-order valence-electron chi connectivity index (χ1n) is 6.11. The highest BCUT2D eigenvalue weighted by Crippen LogP contribution is 2.12. The van der Waals surface area contributed by atoms with E-state index >= 15 is 0 Å². The molecule has 0 aliphatic rings. The highest BCUT2D eigenvalue weighted by Gasteiger charge is 2.03. The van der Waals surface area contributed by atoms with Gasteiger partial charge in [0.25, 0.3) is 5.69 Å². The second kappa shape index (κ2) is 6.66. The molecular formula is C15H15NO3. The Hall–Kier alpha value is -2.20. The Morgan fingerprint density at radius 1 is 0.947 bits per heavy atom. The van der Waals surface area contributed by atoms with Crippen LogP contribution in [0.1, 0.15) is 11.1 Å². The highest BCUT2D eigenvalue weighted by atomic mass is 16.6. The van der Waals surface area contributed by atoms with Gasteiger partial charge in [-0.1, -0.05) is 42.5 Å². The van der Waals surface area contributed by atoms with Gasteiger partial charge >= 0.3 is 0 Å². The van der Waals surface area contributed by atoms with Crippen molar-refractivity contribution < 1.29 is 9.66 Å². The molecule has 98 valence electrons. The number of hydrogen-bond donors (Lipinski definition) is 0. The lowest BCUT2D eigenvalue weighted by molar-refractivity contribution is -0.384. The number of nitro benzene ring substituents is 1. The van der Waals surface area contributed by atoms with Gasteiger partial charge in [-0.25, -0.2) is 0 Å². The number of benzene rings is 2. The molecule has 0 fully saturated rings. The molecule has 0 saturated heterocycles. The normalized spacial score (nSPS) is 10.3. The van der Waals surface area contributed by atoms with Crippen molar-refractivity contribution in [2.75, 3.05) is 6.61 Å². The number of rotatable bonds is 6. The van der Waals surface area contributed by atoms with Gasteiger partial charge in [-0.15, -0.1) is 0 Å². The van der Waals surface area contributed by atoms with E-state index in [-0.39, 0.29) is 5.69 Å². The summed E-state index contributed by atoms with van der Waals surface area (Å²) in [5, 5.41) is 10.5. The van der Waals surface area contributed by atoms with E-state index in [4.69, 9.17) is 4.74 Å². The summed E-state index contributed by atoms with van der Waals surface area (Å²) >= 11 is 0. The third kappa shape index (κ3) is 4.19. The molecule has 0 radical (unpaired) electrons. The summed E-state index contributed by atoms with van der Waals surface area (Å²) in [6.45, 7) is 1.19. The summed E-state index contributed by atoms with van der Waals surface area (Å²) in [5.74, 6) is 0. The van der Waals surface area contributed by atoms with Crippen LogP contribution in [0.25, 0.3) is 0 Å². The van der Waals surface area contributed by atoms with Crippen LogP contribution in [0.5, 0.6) is 0 Å². The van der Waals surface area contributed by atoms with E-state index in [0.717, 1.165) is 17.5 Å². The standard InChI is InChI=1S/C15H15NO3/c17-16(18)15-8-6-13(7-9-15)10-11-19-12-14-4-2-1-3-5-14/h1-9H,10-12H2. The summed E-state index contributed by atoms with van der Waals surface area (Å²) in [6, 6.07) is 16.6. The van der Waals surface area contributed by atoms with Crippen LogP contribution in [0.4, 0.5) is 5.69 Å². The van der Waals surface area contributed by atoms with Crippen molar-refractivity contribution in [1.29, 1.82) is 0 Å². The monoisotopic (exact) mass is 257 g/mol. The lowest BCUT2D eigenvalue weighted by atomic mass is 10.1. The Balaban J connectivity index is 1.75. The summed E-state index contributed by atoms with van der Waals surface area (Å²) < 4.78 is 5.57. The number of ether oxygens (including phenoxy) is 1. The second-order valence-corrected chi connectivity index (χ2v) is 4.21. The molecule has 0 amide bonds. The summed E-state index contributed by atoms with van der Waals surface area (Å²) in [5.41, 5.74) is 2.30. The van der Waals surface area contributed by atoms with E-state index in [1.807, 2.05) is 30.3 Å². The second-order valence-electron chi connectivity index (χ2n) is 4.21. The fourth-order valence-electron chi connectivity index (χ4n) is 1.74. The van der Waals surface area contributed by atoms with Gasteiger partial charge in [0.2, 0.25) is 0 Å². The van der Waals surface area contributed by atoms with E-state index in [1.54, 1.807) is 12.1 Å². The lowest BCUT2D eigenvalue weighted by Crippen LogP contribution is -1.99. The molecule has 0 bridgehead atoms. The Kier molecular flexibility index (Phi) is 4.64. The van der Waals surface area contributed by atoms with Crippen LogP contribution in [0.3, 0.4) is 0 Å². The van der Waals surface area contributed by atoms with Gasteiger partial charge in [0.05, 0.1) is 18.1 Å². The molecule has 4 heteroatoms. The fourth-order valence-corrected chi connectivity index (χ4v) is 1.74. The van der Waals surface area contributed by atoms with Gasteiger partial charge in [0.1, 0.15) is 0 Å². The third-order valence-corrected chi connectivity index (χ3v) is 2.79. The number of hydrogen-bond acceptors (Lipinski definition) is 3. The van der Waals surface area contributed by atoms with Crippen LogP contribution in [-0.2, 0) is 17.8 Å². The van der Waals surface area contributed by atoms with Gasteiger partial charge in [0, 0.05) is 12.1 Å². The van der Waals surface area contributed by atoms with Crippen molar-refractivity contribution in [3.63, 3.8) is 0 Å². The predicted molar refractivity (Wildman–Crippen MR) is 72.9 cm³/mol. The Morgan fingerprint density at radius 2 is 1.63 bits per heavy atom. The van der Waals surface area contributed by atoms with Crippen molar-refractivity contribution in [2.45, 2.75) is 13.0 Å². The average Bonchev–Trinajstić information content (AvgIpc) is 2.45. The Morgan fingerprint density at radius 3 is 2.26 bits per heavy atom. The van der Waals surface area contributed by atoms with Crippen molar-refractivity contribution in [3.8, 4) is 0 Å². The molecule has 2 rings (SSSR count). The number of non-ortho nitro benzene ring substituents is 1. The van der Waals surface area contributed by atoms with Crippen LogP contribution < -0.4 is 0 Å². The minimum absolute atomic E-state index is 0.119. The first-order valence-corrected chi connectivity index (χ1v) is 6.11. The molecule has 0 heterocycles. The predicted octanol–water partition coefficient (Wildman–Crippen LogP) is 3.35. The van der Waals surface area contributed by atoms with Gasteiger partial charge in [-0.2, -0.15) is 0 Å². The maximum atomic E-state index is 10.5. The molecule has 2 aromatic rings.